The molecule has 0 saturated carbocycles. The number of anilines is 1. The fourth-order valence-electron chi connectivity index (χ4n) is 3.81. The van der Waals surface area contributed by atoms with E-state index in [1.54, 1.807) is 6.07 Å². The van der Waals surface area contributed by atoms with E-state index in [9.17, 15) is 9.90 Å². The highest BCUT2D eigenvalue weighted by Gasteiger charge is 2.21. The fraction of sp³-hybridized carbons (Fsp3) is 0.476. The summed E-state index contributed by atoms with van der Waals surface area (Å²) in [6.07, 6.45) is 2.57. The van der Waals surface area contributed by atoms with E-state index in [1.165, 1.54) is 17.5 Å². The van der Waals surface area contributed by atoms with Crippen molar-refractivity contribution >= 4 is 11.7 Å². The zero-order valence-electron chi connectivity index (χ0n) is 16.4. The van der Waals surface area contributed by atoms with Crippen molar-refractivity contribution in [3.63, 3.8) is 0 Å². The number of rotatable bonds is 7. The third kappa shape index (κ3) is 5.29. The quantitative estimate of drug-likeness (QED) is 0.645. The molecule has 3 heterocycles. The Balaban J connectivity index is 1.24. The average Bonchev–Trinajstić information content (AvgIpc) is 3.15. The molecule has 0 spiro atoms. The summed E-state index contributed by atoms with van der Waals surface area (Å²) in [5.74, 6) is 0.318. The minimum absolute atomic E-state index is 0.179. The molecule has 0 aliphatic carbocycles. The number of aromatic nitrogens is 2. The topological polar surface area (TPSA) is 99.6 Å². The molecular weight excluding hydrogens is 370 g/mol. The molecule has 1 saturated heterocycles. The van der Waals surface area contributed by atoms with Crippen LogP contribution < -0.4 is 10.6 Å². The zero-order valence-corrected chi connectivity index (χ0v) is 16.4. The lowest BCUT2D eigenvalue weighted by Crippen LogP contribution is -2.38. The molecule has 8 heteroatoms. The fourth-order valence-corrected chi connectivity index (χ4v) is 3.81. The van der Waals surface area contributed by atoms with Gasteiger partial charge in [0, 0.05) is 51.5 Å². The van der Waals surface area contributed by atoms with E-state index in [4.69, 9.17) is 4.74 Å². The Hall–Kier alpha value is -2.55. The zero-order chi connectivity index (χ0) is 20.1. The van der Waals surface area contributed by atoms with Crippen molar-refractivity contribution in [2.45, 2.75) is 38.1 Å². The van der Waals surface area contributed by atoms with Gasteiger partial charge in [-0.1, -0.05) is 24.3 Å². The van der Waals surface area contributed by atoms with E-state index in [1.807, 2.05) is 12.1 Å². The second-order valence-electron chi connectivity index (χ2n) is 7.62. The van der Waals surface area contributed by atoms with Crippen molar-refractivity contribution in [3.05, 3.63) is 53.5 Å². The molecule has 3 N–H and O–H groups in total. The van der Waals surface area contributed by atoms with Crippen molar-refractivity contribution < 1.29 is 14.6 Å². The van der Waals surface area contributed by atoms with E-state index in [0.717, 1.165) is 39.1 Å². The molecule has 4 rings (SSSR count). The van der Waals surface area contributed by atoms with Gasteiger partial charge in [0.1, 0.15) is 17.8 Å². The van der Waals surface area contributed by atoms with Crippen molar-refractivity contribution in [3.8, 4) is 0 Å². The Kier molecular flexibility index (Phi) is 6.33. The second kappa shape index (κ2) is 9.30. The van der Waals surface area contributed by atoms with Gasteiger partial charge in [0.25, 0.3) is 5.91 Å². The first-order chi connectivity index (χ1) is 14.2. The van der Waals surface area contributed by atoms with E-state index < -0.39 is 6.10 Å². The van der Waals surface area contributed by atoms with E-state index in [-0.39, 0.29) is 18.1 Å². The van der Waals surface area contributed by atoms with Crippen LogP contribution in [0.3, 0.4) is 0 Å². The van der Waals surface area contributed by atoms with Crippen molar-refractivity contribution in [1.82, 2.24) is 20.2 Å². The molecule has 1 aromatic heterocycles. The van der Waals surface area contributed by atoms with Crippen LogP contribution in [0.1, 0.15) is 34.5 Å². The number of nitrogens with zero attached hydrogens (tertiary/aromatic N) is 3. The number of benzene rings is 1. The van der Waals surface area contributed by atoms with E-state index in [2.05, 4.69) is 37.6 Å². The summed E-state index contributed by atoms with van der Waals surface area (Å²) in [6, 6.07) is 10.2. The molecule has 0 bridgehead atoms. The highest BCUT2D eigenvalue weighted by molar-refractivity contribution is 5.92. The van der Waals surface area contributed by atoms with Crippen LogP contribution in [0.5, 0.6) is 0 Å². The Morgan fingerprint density at radius 2 is 1.93 bits per heavy atom. The lowest BCUT2D eigenvalue weighted by molar-refractivity contribution is 0.0851. The molecule has 1 amide bonds. The first-order valence-electron chi connectivity index (χ1n) is 10.1. The number of fused-ring (bicyclic) bond motifs is 1. The van der Waals surface area contributed by atoms with Gasteiger partial charge in [-0.05, 0) is 24.0 Å². The number of nitrogens with one attached hydrogen (secondary N) is 2. The van der Waals surface area contributed by atoms with Crippen LogP contribution in [-0.2, 0) is 17.8 Å². The van der Waals surface area contributed by atoms with Crippen molar-refractivity contribution in [2.75, 3.05) is 31.6 Å². The minimum Gasteiger partial charge on any atom is -0.390 e. The first-order valence-corrected chi connectivity index (χ1v) is 10.1. The average molecular weight is 397 g/mol. The van der Waals surface area contributed by atoms with Crippen LogP contribution in [0.15, 0.2) is 36.7 Å². The molecule has 2 aromatic rings. The molecule has 29 heavy (non-hydrogen) atoms. The predicted octanol–water partition coefficient (Wildman–Crippen LogP) is 1.17. The first kappa shape index (κ1) is 19.8. The lowest BCUT2D eigenvalue weighted by Gasteiger charge is -2.23. The summed E-state index contributed by atoms with van der Waals surface area (Å²) >= 11 is 0. The summed E-state index contributed by atoms with van der Waals surface area (Å²) in [7, 11) is 0. The largest absolute Gasteiger partial charge is 0.390 e. The van der Waals surface area contributed by atoms with E-state index >= 15 is 0 Å². The Labute approximate surface area is 170 Å². The molecule has 1 atom stereocenters. The molecule has 0 unspecified atom stereocenters. The van der Waals surface area contributed by atoms with Crippen molar-refractivity contribution in [1.29, 1.82) is 0 Å². The maximum absolute atomic E-state index is 12.4. The van der Waals surface area contributed by atoms with Gasteiger partial charge in [-0.25, -0.2) is 9.97 Å². The lowest BCUT2D eigenvalue weighted by atomic mass is 10.1. The Morgan fingerprint density at radius 1 is 1.21 bits per heavy atom. The predicted molar refractivity (Wildman–Crippen MR) is 108 cm³/mol. The molecule has 1 fully saturated rings. The maximum atomic E-state index is 12.4. The standard InChI is InChI=1S/C21H27N5O3/c27-18(13-26-11-15-3-1-2-4-16(15)12-26)10-22-21(28)19-9-20(24-14-23-19)25-17-5-7-29-8-6-17/h1-4,9,14,17-18,27H,5-8,10-13H2,(H,22,28)(H,23,24,25)/t18-/m0/s1. The number of carbonyl (C=O) groups excluding carboxylic acids is 1. The smallest absolute Gasteiger partial charge is 0.270 e. The molecule has 2 aliphatic rings. The minimum atomic E-state index is -0.644. The highest BCUT2D eigenvalue weighted by atomic mass is 16.5. The number of aliphatic hydroxyl groups excluding tert-OH is 1. The second-order valence-corrected chi connectivity index (χ2v) is 7.62. The third-order valence-corrected chi connectivity index (χ3v) is 5.35. The normalized spacial score (nSPS) is 18.2. The number of aliphatic hydroxyl groups is 1. The van der Waals surface area contributed by atoms with Crippen LogP contribution in [0, 0.1) is 0 Å². The van der Waals surface area contributed by atoms with Crippen LogP contribution in [0.2, 0.25) is 0 Å². The molecule has 1 aromatic carbocycles. The van der Waals surface area contributed by atoms with Gasteiger partial charge in [0.2, 0.25) is 0 Å². The van der Waals surface area contributed by atoms with Gasteiger partial charge in [-0.2, -0.15) is 0 Å². The third-order valence-electron chi connectivity index (χ3n) is 5.35. The van der Waals surface area contributed by atoms with Crippen LogP contribution in [-0.4, -0.2) is 64.3 Å². The summed E-state index contributed by atoms with van der Waals surface area (Å²) in [5.41, 5.74) is 2.89. The molecule has 8 nitrogen and oxygen atoms in total. The summed E-state index contributed by atoms with van der Waals surface area (Å²) < 4.78 is 5.36. The molecular formula is C21H27N5O3. The number of hydrogen-bond donors (Lipinski definition) is 3. The number of amides is 1. The van der Waals surface area contributed by atoms with Crippen LogP contribution in [0.4, 0.5) is 5.82 Å². The summed E-state index contributed by atoms with van der Waals surface area (Å²) in [4.78, 5) is 22.9. The van der Waals surface area contributed by atoms with Crippen LogP contribution >= 0.6 is 0 Å². The summed E-state index contributed by atoms with van der Waals surface area (Å²) in [5, 5.41) is 16.4. The number of β-amino-alcohol motifs (C(OH)–C–C–N with tert-alkyl or cyclic N) is 1. The van der Waals surface area contributed by atoms with Gasteiger partial charge in [0.05, 0.1) is 6.10 Å². The number of carbonyl (C=O) groups is 1. The SMILES string of the molecule is O=C(NC[C@H](O)CN1Cc2ccccc2C1)c1cc(NC2CCOCC2)ncn1. The maximum Gasteiger partial charge on any atom is 0.270 e. The number of ether oxygens (including phenoxy) is 1. The van der Waals surface area contributed by atoms with Gasteiger partial charge >= 0.3 is 0 Å². The monoisotopic (exact) mass is 397 g/mol. The molecule has 0 radical (unpaired) electrons. The number of hydrogen-bond acceptors (Lipinski definition) is 7. The molecule has 154 valence electrons. The van der Waals surface area contributed by atoms with Crippen LogP contribution in [0.25, 0.3) is 0 Å². The van der Waals surface area contributed by atoms with E-state index in [0.29, 0.717) is 18.4 Å². The van der Waals surface area contributed by atoms with Gasteiger partial charge in [-0.3, -0.25) is 9.69 Å². The Bertz CT molecular complexity index is 816. The highest BCUT2D eigenvalue weighted by Crippen LogP contribution is 2.22. The summed E-state index contributed by atoms with van der Waals surface area (Å²) in [6.45, 7) is 3.81. The van der Waals surface area contributed by atoms with Crippen molar-refractivity contribution in [2.24, 2.45) is 0 Å². The van der Waals surface area contributed by atoms with Gasteiger partial charge in [-0.15, -0.1) is 0 Å². The molecule has 2 aliphatic heterocycles. The Morgan fingerprint density at radius 3 is 2.66 bits per heavy atom. The van der Waals surface area contributed by atoms with Gasteiger partial charge in [0.15, 0.2) is 0 Å². The van der Waals surface area contributed by atoms with Gasteiger partial charge < -0.3 is 20.5 Å².